The molecule has 0 aromatic rings. The van der Waals surface area contributed by atoms with Crippen LogP contribution in [0.15, 0.2) is 12.7 Å². The van der Waals surface area contributed by atoms with Gasteiger partial charge < -0.3 is 15.4 Å². The van der Waals surface area contributed by atoms with Crippen molar-refractivity contribution in [3.8, 4) is 0 Å². The second-order valence-electron chi connectivity index (χ2n) is 3.19. The van der Waals surface area contributed by atoms with Gasteiger partial charge in [0.05, 0.1) is 6.54 Å². The summed E-state index contributed by atoms with van der Waals surface area (Å²) in [5, 5.41) is 0. The first-order valence-corrected chi connectivity index (χ1v) is 4.51. The Bertz CT molecular complexity index is 252. The van der Waals surface area contributed by atoms with Crippen LogP contribution in [0.2, 0.25) is 0 Å². The fraction of sp³-hybridized carbons (Fsp3) is 0.556. The van der Waals surface area contributed by atoms with Gasteiger partial charge in [0.1, 0.15) is 6.10 Å². The van der Waals surface area contributed by atoms with Gasteiger partial charge in [-0.25, -0.2) is 4.79 Å². The van der Waals surface area contributed by atoms with E-state index in [-0.39, 0.29) is 12.0 Å². The smallest absolute Gasteiger partial charge is 0.404 e. The van der Waals surface area contributed by atoms with Crippen molar-refractivity contribution in [3.63, 3.8) is 0 Å². The Balaban J connectivity index is 2.47. The summed E-state index contributed by atoms with van der Waals surface area (Å²) in [5.41, 5.74) is 4.89. The SMILES string of the molecule is C=CC(=O)N1CCCC(OC(N)=O)C1. The van der Waals surface area contributed by atoms with Crippen LogP contribution in [0, 0.1) is 0 Å². The maximum absolute atomic E-state index is 11.2. The third-order valence-electron chi connectivity index (χ3n) is 2.15. The zero-order valence-corrected chi connectivity index (χ0v) is 7.94. The number of carbonyl (C=O) groups is 2. The Kier molecular flexibility index (Phi) is 3.50. The first-order chi connectivity index (χ1) is 6.63. The molecule has 2 amide bonds. The Morgan fingerprint density at radius 2 is 2.29 bits per heavy atom. The van der Waals surface area contributed by atoms with Crippen LogP contribution in [-0.4, -0.2) is 36.1 Å². The number of piperidine rings is 1. The molecule has 5 heteroatoms. The van der Waals surface area contributed by atoms with E-state index in [9.17, 15) is 9.59 Å². The van der Waals surface area contributed by atoms with E-state index in [0.29, 0.717) is 13.1 Å². The predicted molar refractivity (Wildman–Crippen MR) is 50.5 cm³/mol. The number of carbonyl (C=O) groups excluding carboxylic acids is 2. The molecule has 78 valence electrons. The van der Waals surface area contributed by atoms with Gasteiger partial charge in [-0.15, -0.1) is 0 Å². The van der Waals surface area contributed by atoms with Gasteiger partial charge in [-0.3, -0.25) is 4.79 Å². The van der Waals surface area contributed by atoms with Gasteiger partial charge in [0.15, 0.2) is 0 Å². The number of likely N-dealkylation sites (tertiary alicyclic amines) is 1. The highest BCUT2D eigenvalue weighted by atomic mass is 16.6. The van der Waals surface area contributed by atoms with Crippen LogP contribution < -0.4 is 5.73 Å². The van der Waals surface area contributed by atoms with Gasteiger partial charge in [0, 0.05) is 6.54 Å². The van der Waals surface area contributed by atoms with Crippen LogP contribution in [-0.2, 0) is 9.53 Å². The number of ether oxygens (including phenoxy) is 1. The highest BCUT2D eigenvalue weighted by molar-refractivity contribution is 5.87. The first kappa shape index (κ1) is 10.6. The molecule has 0 spiro atoms. The Hall–Kier alpha value is -1.52. The number of hydrogen-bond acceptors (Lipinski definition) is 3. The van der Waals surface area contributed by atoms with E-state index in [2.05, 4.69) is 6.58 Å². The van der Waals surface area contributed by atoms with Crippen molar-refractivity contribution in [3.05, 3.63) is 12.7 Å². The molecule has 0 bridgehead atoms. The molecule has 1 atom stereocenters. The van der Waals surface area contributed by atoms with Crippen molar-refractivity contribution in [1.82, 2.24) is 4.90 Å². The topological polar surface area (TPSA) is 72.6 Å². The van der Waals surface area contributed by atoms with E-state index in [4.69, 9.17) is 10.5 Å². The molecule has 1 fully saturated rings. The minimum Gasteiger partial charge on any atom is -0.445 e. The van der Waals surface area contributed by atoms with E-state index in [0.717, 1.165) is 12.8 Å². The molecule has 0 saturated carbocycles. The second kappa shape index (κ2) is 4.64. The molecule has 14 heavy (non-hydrogen) atoms. The Morgan fingerprint density at radius 1 is 1.57 bits per heavy atom. The molecular weight excluding hydrogens is 184 g/mol. The molecular formula is C9H14N2O3. The number of amides is 2. The number of nitrogens with two attached hydrogens (primary N) is 1. The predicted octanol–water partition coefficient (Wildman–Crippen LogP) is 0.259. The summed E-state index contributed by atoms with van der Waals surface area (Å²) in [7, 11) is 0. The number of hydrogen-bond donors (Lipinski definition) is 1. The second-order valence-corrected chi connectivity index (χ2v) is 3.19. The highest BCUT2D eigenvalue weighted by Gasteiger charge is 2.24. The fourth-order valence-electron chi connectivity index (χ4n) is 1.53. The summed E-state index contributed by atoms with van der Waals surface area (Å²) in [5.74, 6) is -0.136. The summed E-state index contributed by atoms with van der Waals surface area (Å²) in [4.78, 5) is 23.3. The molecule has 1 rings (SSSR count). The third kappa shape index (κ3) is 2.76. The normalized spacial score (nSPS) is 21.4. The van der Waals surface area contributed by atoms with Crippen LogP contribution in [0.25, 0.3) is 0 Å². The summed E-state index contributed by atoms with van der Waals surface area (Å²) >= 11 is 0. The van der Waals surface area contributed by atoms with Crippen molar-refractivity contribution in [1.29, 1.82) is 0 Å². The highest BCUT2D eigenvalue weighted by Crippen LogP contribution is 2.13. The lowest BCUT2D eigenvalue weighted by Crippen LogP contribution is -2.43. The van der Waals surface area contributed by atoms with Crippen LogP contribution in [0.3, 0.4) is 0 Å². The van der Waals surface area contributed by atoms with Crippen molar-refractivity contribution in [2.75, 3.05) is 13.1 Å². The average Bonchev–Trinajstić information content (AvgIpc) is 2.16. The van der Waals surface area contributed by atoms with E-state index in [1.165, 1.54) is 6.08 Å². The maximum Gasteiger partial charge on any atom is 0.404 e. The van der Waals surface area contributed by atoms with Gasteiger partial charge in [-0.1, -0.05) is 6.58 Å². The first-order valence-electron chi connectivity index (χ1n) is 4.51. The van der Waals surface area contributed by atoms with Gasteiger partial charge in [-0.05, 0) is 18.9 Å². The van der Waals surface area contributed by atoms with Crippen LogP contribution in [0.1, 0.15) is 12.8 Å². The average molecular weight is 198 g/mol. The van der Waals surface area contributed by atoms with E-state index in [1.807, 2.05) is 0 Å². The summed E-state index contributed by atoms with van der Waals surface area (Å²) < 4.78 is 4.83. The lowest BCUT2D eigenvalue weighted by atomic mass is 10.1. The van der Waals surface area contributed by atoms with E-state index in [1.54, 1.807) is 4.90 Å². The zero-order valence-electron chi connectivity index (χ0n) is 7.94. The molecule has 1 heterocycles. The van der Waals surface area contributed by atoms with Crippen molar-refractivity contribution < 1.29 is 14.3 Å². The van der Waals surface area contributed by atoms with Gasteiger partial charge in [-0.2, -0.15) is 0 Å². The number of nitrogens with zero attached hydrogens (tertiary/aromatic N) is 1. The molecule has 1 unspecified atom stereocenters. The van der Waals surface area contributed by atoms with Crippen molar-refractivity contribution in [2.24, 2.45) is 5.73 Å². The molecule has 1 aliphatic rings. The van der Waals surface area contributed by atoms with E-state index < -0.39 is 6.09 Å². The monoisotopic (exact) mass is 198 g/mol. The molecule has 2 N–H and O–H groups in total. The number of rotatable bonds is 2. The minimum absolute atomic E-state index is 0.136. The molecule has 0 aromatic carbocycles. The third-order valence-corrected chi connectivity index (χ3v) is 2.15. The minimum atomic E-state index is -0.789. The van der Waals surface area contributed by atoms with Gasteiger partial charge in [0.25, 0.3) is 0 Å². The lowest BCUT2D eigenvalue weighted by Gasteiger charge is -2.31. The molecule has 0 aliphatic carbocycles. The summed E-state index contributed by atoms with van der Waals surface area (Å²) in [6, 6.07) is 0. The standard InChI is InChI=1S/C9H14N2O3/c1-2-8(12)11-5-3-4-7(6-11)14-9(10)13/h2,7H,1,3-6H2,(H2,10,13). The van der Waals surface area contributed by atoms with Crippen LogP contribution >= 0.6 is 0 Å². The van der Waals surface area contributed by atoms with Gasteiger partial charge >= 0.3 is 6.09 Å². The van der Waals surface area contributed by atoms with E-state index >= 15 is 0 Å². The number of primary amides is 1. The summed E-state index contributed by atoms with van der Waals surface area (Å²) in [6.07, 6.45) is 1.77. The van der Waals surface area contributed by atoms with Crippen LogP contribution in [0.4, 0.5) is 4.79 Å². The molecule has 0 aromatic heterocycles. The molecule has 5 nitrogen and oxygen atoms in total. The largest absolute Gasteiger partial charge is 0.445 e. The molecule has 1 aliphatic heterocycles. The lowest BCUT2D eigenvalue weighted by molar-refractivity contribution is -0.128. The Labute approximate surface area is 82.5 Å². The molecule has 1 saturated heterocycles. The quantitative estimate of drug-likeness (QED) is 0.647. The van der Waals surface area contributed by atoms with Crippen molar-refractivity contribution >= 4 is 12.0 Å². The van der Waals surface area contributed by atoms with Crippen molar-refractivity contribution in [2.45, 2.75) is 18.9 Å². The van der Waals surface area contributed by atoms with Gasteiger partial charge in [0.2, 0.25) is 5.91 Å². The fourth-order valence-corrected chi connectivity index (χ4v) is 1.53. The van der Waals surface area contributed by atoms with Crippen LogP contribution in [0.5, 0.6) is 0 Å². The maximum atomic E-state index is 11.2. The summed E-state index contributed by atoms with van der Waals surface area (Å²) in [6.45, 7) is 4.49. The Morgan fingerprint density at radius 3 is 2.86 bits per heavy atom. The zero-order chi connectivity index (χ0) is 10.6. The molecule has 0 radical (unpaired) electrons.